The lowest BCUT2D eigenvalue weighted by Crippen LogP contribution is -2.39. The lowest BCUT2D eigenvalue weighted by Gasteiger charge is -2.31. The van der Waals surface area contributed by atoms with Gasteiger partial charge in [0.15, 0.2) is 16.0 Å². The van der Waals surface area contributed by atoms with E-state index in [1.54, 1.807) is 19.2 Å². The molecule has 0 aliphatic carbocycles. The zero-order valence-electron chi connectivity index (χ0n) is 18.9. The SMILES string of the molecule is CCOC(=O)Oc1[nH]cc2c1NC1=C(C(=O)CNC1)C2c1ccc(Sc2nc3ccc(Cl)cc3[nH]2)o1. The highest BCUT2D eigenvalue weighted by Gasteiger charge is 2.39. The molecule has 2 aliphatic rings. The molecule has 0 saturated carbocycles. The largest absolute Gasteiger partial charge is 0.515 e. The molecule has 10 nitrogen and oxygen atoms in total. The van der Waals surface area contributed by atoms with Crippen LogP contribution in [0.2, 0.25) is 5.02 Å². The van der Waals surface area contributed by atoms with Crippen molar-refractivity contribution in [2.24, 2.45) is 0 Å². The predicted molar refractivity (Wildman–Crippen MR) is 133 cm³/mol. The maximum absolute atomic E-state index is 13.0. The fourth-order valence-electron chi connectivity index (χ4n) is 4.44. The molecule has 0 bridgehead atoms. The van der Waals surface area contributed by atoms with Gasteiger partial charge in [-0.1, -0.05) is 11.6 Å². The maximum Gasteiger partial charge on any atom is 0.515 e. The van der Waals surface area contributed by atoms with Crippen molar-refractivity contribution in [2.45, 2.75) is 23.1 Å². The van der Waals surface area contributed by atoms with E-state index in [2.05, 4.69) is 25.6 Å². The first-order valence-corrected chi connectivity index (χ1v) is 12.4. The van der Waals surface area contributed by atoms with Crippen LogP contribution in [-0.2, 0) is 9.53 Å². The highest BCUT2D eigenvalue weighted by atomic mass is 35.5. The second-order valence-electron chi connectivity index (χ2n) is 8.17. The second-order valence-corrected chi connectivity index (χ2v) is 9.60. The maximum atomic E-state index is 13.0. The molecular formula is C24H20ClN5O5S. The highest BCUT2D eigenvalue weighted by molar-refractivity contribution is 7.99. The summed E-state index contributed by atoms with van der Waals surface area (Å²) in [6.07, 6.45) is 0.890. The van der Waals surface area contributed by atoms with Crippen molar-refractivity contribution in [3.63, 3.8) is 0 Å². The number of Topliss-reactive ketones (excluding diaryl/α,β-unsaturated/α-hetero) is 1. The number of H-pyrrole nitrogens is 2. The van der Waals surface area contributed by atoms with Crippen LogP contribution in [0.25, 0.3) is 11.0 Å². The number of furan rings is 1. The number of fused-ring (bicyclic) bond motifs is 2. The Hall–Kier alpha value is -3.67. The zero-order valence-corrected chi connectivity index (χ0v) is 20.5. The molecule has 5 heterocycles. The molecule has 4 aromatic rings. The molecule has 2 aliphatic heterocycles. The van der Waals surface area contributed by atoms with Gasteiger partial charge < -0.3 is 34.5 Å². The Morgan fingerprint density at radius 1 is 1.28 bits per heavy atom. The Morgan fingerprint density at radius 3 is 3.03 bits per heavy atom. The van der Waals surface area contributed by atoms with E-state index in [1.165, 1.54) is 11.8 Å². The van der Waals surface area contributed by atoms with Crippen molar-refractivity contribution in [2.75, 3.05) is 25.0 Å². The van der Waals surface area contributed by atoms with Crippen molar-refractivity contribution < 1.29 is 23.5 Å². The fraction of sp³-hybridized carbons (Fsp3) is 0.208. The van der Waals surface area contributed by atoms with Gasteiger partial charge >= 0.3 is 6.16 Å². The third-order valence-corrected chi connectivity index (χ3v) is 6.96. The van der Waals surface area contributed by atoms with Gasteiger partial charge in [0, 0.05) is 34.6 Å². The van der Waals surface area contributed by atoms with Crippen LogP contribution < -0.4 is 15.4 Å². The van der Waals surface area contributed by atoms with E-state index < -0.39 is 12.1 Å². The van der Waals surface area contributed by atoms with Gasteiger partial charge in [0.1, 0.15) is 11.4 Å². The molecule has 184 valence electrons. The molecule has 6 rings (SSSR count). The number of ketones is 1. The standard InChI is InChI=1S/C24H20ClN5O5S/c1-2-33-24(32)35-22-21-12(8-27-22)19(20-15(28-21)9-26-10-16(20)31)17-5-6-18(34-17)36-23-29-13-4-3-11(25)7-14(13)30-23/h3-8,19,26-28H,2,9-10H2,1H3,(H,29,30). The van der Waals surface area contributed by atoms with E-state index >= 15 is 0 Å². The summed E-state index contributed by atoms with van der Waals surface area (Å²) in [4.78, 5) is 35.7. The first-order valence-electron chi connectivity index (χ1n) is 11.2. The molecule has 1 aromatic carbocycles. The van der Waals surface area contributed by atoms with Gasteiger partial charge in [-0.3, -0.25) is 4.79 Å². The minimum Gasteiger partial charge on any atom is -0.453 e. The Labute approximate surface area is 213 Å². The third-order valence-electron chi connectivity index (χ3n) is 5.92. The number of hydrogen-bond acceptors (Lipinski definition) is 9. The predicted octanol–water partition coefficient (Wildman–Crippen LogP) is 4.81. The van der Waals surface area contributed by atoms with Crippen LogP contribution in [0.1, 0.15) is 24.2 Å². The molecule has 0 radical (unpaired) electrons. The summed E-state index contributed by atoms with van der Waals surface area (Å²) in [6, 6.07) is 9.14. The topological polar surface area (TPSA) is 134 Å². The number of imidazole rings is 1. The second kappa shape index (κ2) is 9.08. The van der Waals surface area contributed by atoms with Gasteiger partial charge in [-0.15, -0.1) is 0 Å². The summed E-state index contributed by atoms with van der Waals surface area (Å²) in [7, 11) is 0. The van der Waals surface area contributed by atoms with Crippen molar-refractivity contribution >= 4 is 52.0 Å². The molecule has 1 atom stereocenters. The van der Waals surface area contributed by atoms with E-state index in [1.807, 2.05) is 24.3 Å². The number of nitrogens with one attached hydrogen (secondary N) is 4. The quantitative estimate of drug-likeness (QED) is 0.271. The minimum absolute atomic E-state index is 0.0340. The summed E-state index contributed by atoms with van der Waals surface area (Å²) in [6.45, 7) is 2.58. The van der Waals surface area contributed by atoms with Crippen LogP contribution in [0.4, 0.5) is 10.5 Å². The number of benzene rings is 1. The summed E-state index contributed by atoms with van der Waals surface area (Å²) >= 11 is 7.42. The Morgan fingerprint density at radius 2 is 2.17 bits per heavy atom. The summed E-state index contributed by atoms with van der Waals surface area (Å²) in [5, 5.41) is 8.23. The zero-order chi connectivity index (χ0) is 24.8. The smallest absolute Gasteiger partial charge is 0.453 e. The first kappa shape index (κ1) is 22.8. The van der Waals surface area contributed by atoms with Crippen molar-refractivity contribution in [3.05, 3.63) is 64.1 Å². The van der Waals surface area contributed by atoms with E-state index in [9.17, 15) is 9.59 Å². The normalized spacial score (nSPS) is 17.1. The van der Waals surface area contributed by atoms with Gasteiger partial charge in [0.2, 0.25) is 5.88 Å². The highest BCUT2D eigenvalue weighted by Crippen LogP contribution is 2.47. The average Bonchev–Trinajstić information content (AvgIpc) is 3.57. The van der Waals surface area contributed by atoms with Gasteiger partial charge in [-0.05, 0) is 49.0 Å². The number of carbonyl (C=O) groups excluding carboxylic acids is 2. The van der Waals surface area contributed by atoms with Gasteiger partial charge in [-0.2, -0.15) is 0 Å². The number of carbonyl (C=O) groups is 2. The van der Waals surface area contributed by atoms with Crippen LogP contribution in [0.3, 0.4) is 0 Å². The van der Waals surface area contributed by atoms with Gasteiger partial charge in [-0.25, -0.2) is 9.78 Å². The molecule has 36 heavy (non-hydrogen) atoms. The molecule has 4 N–H and O–H groups in total. The van der Waals surface area contributed by atoms with Crippen LogP contribution >= 0.6 is 23.4 Å². The lowest BCUT2D eigenvalue weighted by atomic mass is 9.82. The van der Waals surface area contributed by atoms with E-state index in [-0.39, 0.29) is 24.8 Å². The summed E-state index contributed by atoms with van der Waals surface area (Å²) in [5.41, 5.74) is 4.24. The van der Waals surface area contributed by atoms with Crippen LogP contribution in [0, 0.1) is 0 Å². The van der Waals surface area contributed by atoms with E-state index in [4.69, 9.17) is 25.5 Å². The Kier molecular flexibility index (Phi) is 5.75. The molecule has 1 unspecified atom stereocenters. The number of ether oxygens (including phenoxy) is 2. The first-order chi connectivity index (χ1) is 17.5. The number of hydrogen-bond donors (Lipinski definition) is 4. The number of nitrogens with zero attached hydrogens (tertiary/aromatic N) is 1. The number of anilines is 1. The van der Waals surface area contributed by atoms with Crippen LogP contribution in [-0.4, -0.2) is 46.6 Å². The third kappa shape index (κ3) is 4.04. The van der Waals surface area contributed by atoms with Crippen LogP contribution in [0.15, 0.2) is 62.5 Å². The average molecular weight is 526 g/mol. The Balaban J connectivity index is 1.34. The molecule has 0 spiro atoms. The summed E-state index contributed by atoms with van der Waals surface area (Å²) < 4.78 is 16.5. The minimum atomic E-state index is -0.818. The monoisotopic (exact) mass is 525 g/mol. The number of rotatable bonds is 5. The molecule has 0 amide bonds. The number of aromatic nitrogens is 3. The molecule has 0 saturated heterocycles. The van der Waals surface area contributed by atoms with E-state index in [0.29, 0.717) is 44.5 Å². The van der Waals surface area contributed by atoms with Crippen molar-refractivity contribution in [1.29, 1.82) is 0 Å². The fourth-order valence-corrected chi connectivity index (χ4v) is 5.38. The number of aromatic amines is 2. The lowest BCUT2D eigenvalue weighted by molar-refractivity contribution is -0.115. The molecular weight excluding hydrogens is 506 g/mol. The van der Waals surface area contributed by atoms with Crippen LogP contribution in [0.5, 0.6) is 5.88 Å². The molecule has 0 fully saturated rings. The molecule has 12 heteroatoms. The number of halogens is 1. The van der Waals surface area contributed by atoms with Gasteiger partial charge in [0.05, 0.1) is 30.1 Å². The van der Waals surface area contributed by atoms with Crippen molar-refractivity contribution in [3.8, 4) is 5.88 Å². The van der Waals surface area contributed by atoms with Gasteiger partial charge in [0.25, 0.3) is 0 Å². The summed E-state index contributed by atoms with van der Waals surface area (Å²) in [5.74, 6) is 0.280. The van der Waals surface area contributed by atoms with Crippen molar-refractivity contribution in [1.82, 2.24) is 20.3 Å². The molecule has 3 aromatic heterocycles. The Bertz CT molecular complexity index is 1540. The van der Waals surface area contributed by atoms with E-state index in [0.717, 1.165) is 16.6 Å².